The smallest absolute Gasteiger partial charge is 0.416 e. The van der Waals surface area contributed by atoms with E-state index in [0.717, 1.165) is 30.0 Å². The maximum Gasteiger partial charge on any atom is 0.416 e. The van der Waals surface area contributed by atoms with E-state index in [-0.39, 0.29) is 48.9 Å². The van der Waals surface area contributed by atoms with Crippen molar-refractivity contribution in [2.75, 3.05) is 39.9 Å². The van der Waals surface area contributed by atoms with Crippen molar-refractivity contribution in [1.29, 1.82) is 0 Å². The molecular formula is C31H39F3N2O5. The highest BCUT2D eigenvalue weighted by molar-refractivity contribution is 5.81. The lowest BCUT2D eigenvalue weighted by atomic mass is 9.85. The summed E-state index contributed by atoms with van der Waals surface area (Å²) in [6.45, 7) is 6.78. The number of nitrogens with zero attached hydrogens (tertiary/aromatic N) is 2. The Morgan fingerprint density at radius 3 is 2.32 bits per heavy atom. The van der Waals surface area contributed by atoms with Crippen molar-refractivity contribution in [3.05, 3.63) is 59.2 Å². The van der Waals surface area contributed by atoms with E-state index >= 15 is 0 Å². The van der Waals surface area contributed by atoms with E-state index in [1.807, 2.05) is 29.2 Å². The molecule has 2 aromatic carbocycles. The van der Waals surface area contributed by atoms with Crippen LogP contribution in [0.25, 0.3) is 0 Å². The quantitative estimate of drug-likeness (QED) is 0.361. The number of ether oxygens (including phenoxy) is 2. The number of aliphatic carboxylic acids is 1. The number of carbonyl (C=O) groups excluding carboxylic acids is 1. The molecule has 0 radical (unpaired) electrons. The standard InChI is InChI=1S/C31H39F3N2O5/c1-20(2)36-18-26(21-6-9-24(40-3)10-7-21)27(19-36)30(39)35-14-12-22(13-15-35)25-11-8-23(31(32,33)34)17-28(25)41-16-4-5-29(37)38/h6-11,17,20,22,26-27H,4-5,12-16,18-19H2,1-3H3,(H,37,38)/t26-,27?/m0/s1. The molecular weight excluding hydrogens is 537 g/mol. The lowest BCUT2D eigenvalue weighted by Crippen LogP contribution is -2.43. The summed E-state index contributed by atoms with van der Waals surface area (Å²) in [6.07, 6.45) is -3.23. The fourth-order valence-corrected chi connectivity index (χ4v) is 5.92. The van der Waals surface area contributed by atoms with Crippen LogP contribution in [0.15, 0.2) is 42.5 Å². The first kappa shape index (κ1) is 30.7. The molecule has 41 heavy (non-hydrogen) atoms. The van der Waals surface area contributed by atoms with Crippen LogP contribution in [0.3, 0.4) is 0 Å². The molecule has 7 nitrogen and oxygen atoms in total. The predicted octanol–water partition coefficient (Wildman–Crippen LogP) is 5.79. The molecule has 1 amide bonds. The second-order valence-corrected chi connectivity index (χ2v) is 11.2. The Kier molecular flexibility index (Phi) is 9.84. The molecule has 2 heterocycles. The van der Waals surface area contributed by atoms with Gasteiger partial charge in [-0.25, -0.2) is 0 Å². The van der Waals surface area contributed by atoms with Crippen molar-refractivity contribution in [3.63, 3.8) is 0 Å². The van der Waals surface area contributed by atoms with Gasteiger partial charge < -0.3 is 19.5 Å². The highest BCUT2D eigenvalue weighted by Gasteiger charge is 2.42. The number of carbonyl (C=O) groups is 2. The van der Waals surface area contributed by atoms with Crippen molar-refractivity contribution < 1.29 is 37.3 Å². The number of rotatable bonds is 10. The van der Waals surface area contributed by atoms with Crippen molar-refractivity contribution >= 4 is 11.9 Å². The number of halogens is 3. The van der Waals surface area contributed by atoms with Crippen LogP contribution in [0, 0.1) is 5.92 Å². The van der Waals surface area contributed by atoms with Crippen LogP contribution < -0.4 is 9.47 Å². The molecule has 0 aliphatic carbocycles. The zero-order valence-corrected chi connectivity index (χ0v) is 23.8. The number of methoxy groups -OCH3 is 1. The minimum atomic E-state index is -4.51. The van der Waals surface area contributed by atoms with Gasteiger partial charge in [0, 0.05) is 44.6 Å². The zero-order valence-electron chi connectivity index (χ0n) is 23.8. The number of hydrogen-bond donors (Lipinski definition) is 1. The van der Waals surface area contributed by atoms with Crippen LogP contribution in [0.5, 0.6) is 11.5 Å². The van der Waals surface area contributed by atoms with Crippen LogP contribution in [-0.2, 0) is 15.8 Å². The summed E-state index contributed by atoms with van der Waals surface area (Å²) in [5.74, 6) is -0.142. The van der Waals surface area contributed by atoms with Gasteiger partial charge in [0.2, 0.25) is 5.91 Å². The Labute approximate surface area is 239 Å². The molecule has 2 atom stereocenters. The van der Waals surface area contributed by atoms with Crippen LogP contribution in [-0.4, -0.2) is 72.7 Å². The molecule has 2 aromatic rings. The van der Waals surface area contributed by atoms with Crippen LogP contribution >= 0.6 is 0 Å². The number of alkyl halides is 3. The van der Waals surface area contributed by atoms with Gasteiger partial charge in [0.05, 0.1) is 25.2 Å². The summed E-state index contributed by atoms with van der Waals surface area (Å²) in [4.78, 5) is 28.9. The Morgan fingerprint density at radius 1 is 1.05 bits per heavy atom. The van der Waals surface area contributed by atoms with E-state index in [9.17, 15) is 22.8 Å². The third-order valence-corrected chi connectivity index (χ3v) is 8.32. The Balaban J connectivity index is 1.46. The molecule has 2 saturated heterocycles. The molecule has 2 aliphatic rings. The summed E-state index contributed by atoms with van der Waals surface area (Å²) in [5, 5.41) is 8.87. The molecule has 0 saturated carbocycles. The van der Waals surface area contributed by atoms with Gasteiger partial charge in [0.25, 0.3) is 0 Å². The highest BCUT2D eigenvalue weighted by atomic mass is 19.4. The van der Waals surface area contributed by atoms with Gasteiger partial charge in [-0.2, -0.15) is 13.2 Å². The number of piperidine rings is 1. The fourth-order valence-electron chi connectivity index (χ4n) is 5.92. The first-order chi connectivity index (χ1) is 19.5. The Morgan fingerprint density at radius 2 is 1.73 bits per heavy atom. The van der Waals surface area contributed by atoms with Gasteiger partial charge in [-0.3, -0.25) is 14.5 Å². The van der Waals surface area contributed by atoms with Crippen molar-refractivity contribution in [3.8, 4) is 11.5 Å². The number of amides is 1. The molecule has 0 aromatic heterocycles. The number of carboxylic acids is 1. The average molecular weight is 577 g/mol. The van der Waals surface area contributed by atoms with E-state index in [1.165, 1.54) is 6.07 Å². The molecule has 2 fully saturated rings. The van der Waals surface area contributed by atoms with Crippen molar-refractivity contribution in [2.45, 2.75) is 63.6 Å². The summed E-state index contributed by atoms with van der Waals surface area (Å²) in [5.41, 5.74) is 0.975. The summed E-state index contributed by atoms with van der Waals surface area (Å²) < 4.78 is 51.2. The minimum Gasteiger partial charge on any atom is -0.497 e. The van der Waals surface area contributed by atoms with Crippen molar-refractivity contribution in [1.82, 2.24) is 9.80 Å². The SMILES string of the molecule is COc1ccc([C@@H]2CN(C(C)C)CC2C(=O)N2CCC(c3ccc(C(F)(F)F)cc3OCCCC(=O)O)CC2)cc1. The third-order valence-electron chi connectivity index (χ3n) is 8.32. The summed E-state index contributed by atoms with van der Waals surface area (Å²) >= 11 is 0. The molecule has 10 heteroatoms. The second kappa shape index (κ2) is 13.1. The van der Waals surface area contributed by atoms with Gasteiger partial charge in [-0.05, 0) is 74.4 Å². The lowest BCUT2D eigenvalue weighted by Gasteiger charge is -2.35. The van der Waals surface area contributed by atoms with E-state index in [4.69, 9.17) is 14.6 Å². The lowest BCUT2D eigenvalue weighted by molar-refractivity contribution is -0.138. The van der Waals surface area contributed by atoms with Crippen LogP contribution in [0.2, 0.25) is 0 Å². The molecule has 0 bridgehead atoms. The maximum absolute atomic E-state index is 13.8. The van der Waals surface area contributed by atoms with Gasteiger partial charge >= 0.3 is 12.1 Å². The number of hydrogen-bond acceptors (Lipinski definition) is 5. The molecule has 224 valence electrons. The van der Waals surface area contributed by atoms with E-state index in [0.29, 0.717) is 44.1 Å². The minimum absolute atomic E-state index is 0.0126. The predicted molar refractivity (Wildman–Crippen MR) is 148 cm³/mol. The number of benzene rings is 2. The molecule has 1 N–H and O–H groups in total. The summed E-state index contributed by atoms with van der Waals surface area (Å²) in [7, 11) is 1.63. The van der Waals surface area contributed by atoms with E-state index < -0.39 is 17.7 Å². The van der Waals surface area contributed by atoms with Gasteiger partial charge in [-0.1, -0.05) is 18.2 Å². The second-order valence-electron chi connectivity index (χ2n) is 11.2. The maximum atomic E-state index is 13.8. The molecule has 2 aliphatic heterocycles. The fraction of sp³-hybridized carbons (Fsp3) is 0.548. The first-order valence-electron chi connectivity index (χ1n) is 14.2. The number of carboxylic acid groups (broad SMARTS) is 1. The Bertz CT molecular complexity index is 1190. The van der Waals surface area contributed by atoms with Crippen LogP contribution in [0.4, 0.5) is 13.2 Å². The van der Waals surface area contributed by atoms with Gasteiger partial charge in [0.1, 0.15) is 11.5 Å². The normalized spacial score (nSPS) is 20.4. The average Bonchev–Trinajstić information content (AvgIpc) is 3.40. The number of likely N-dealkylation sites (tertiary alicyclic amines) is 2. The topological polar surface area (TPSA) is 79.3 Å². The molecule has 1 unspecified atom stereocenters. The highest BCUT2D eigenvalue weighted by Crippen LogP contribution is 2.41. The monoisotopic (exact) mass is 576 g/mol. The Hall–Kier alpha value is -3.27. The third kappa shape index (κ3) is 7.52. The molecule has 4 rings (SSSR count). The largest absolute Gasteiger partial charge is 0.497 e. The van der Waals surface area contributed by atoms with E-state index in [2.05, 4.69) is 18.7 Å². The van der Waals surface area contributed by atoms with Gasteiger partial charge in [-0.15, -0.1) is 0 Å². The molecule has 0 spiro atoms. The van der Waals surface area contributed by atoms with Crippen molar-refractivity contribution in [2.24, 2.45) is 5.92 Å². The van der Waals surface area contributed by atoms with Gasteiger partial charge in [0.15, 0.2) is 0 Å². The van der Waals surface area contributed by atoms with Crippen LogP contribution in [0.1, 0.15) is 68.1 Å². The zero-order chi connectivity index (χ0) is 29.7. The van der Waals surface area contributed by atoms with E-state index in [1.54, 1.807) is 7.11 Å². The first-order valence-corrected chi connectivity index (χ1v) is 14.2. The summed E-state index contributed by atoms with van der Waals surface area (Å²) in [6, 6.07) is 11.8.